The molecule has 96 valence electrons. The number of nitrogens with zero attached hydrogens (tertiary/aromatic N) is 1. The lowest BCUT2D eigenvalue weighted by molar-refractivity contribution is 0.413. The van der Waals surface area contributed by atoms with Crippen LogP contribution in [0.2, 0.25) is 0 Å². The normalized spacial score (nSPS) is 11.1. The zero-order valence-corrected chi connectivity index (χ0v) is 11.4. The Morgan fingerprint density at radius 1 is 1.12 bits per heavy atom. The van der Waals surface area contributed by atoms with E-state index in [1.807, 2.05) is 12.1 Å². The van der Waals surface area contributed by atoms with Gasteiger partial charge in [-0.25, -0.2) is 0 Å². The number of hydrogen-bond donors (Lipinski definition) is 1. The number of rotatable bonds is 7. The van der Waals surface area contributed by atoms with Gasteiger partial charge in [-0.05, 0) is 50.6 Å². The molecule has 1 aromatic rings. The van der Waals surface area contributed by atoms with Gasteiger partial charge in [-0.3, -0.25) is 0 Å². The highest BCUT2D eigenvalue weighted by Gasteiger charge is 2.03. The molecule has 0 saturated carbocycles. The molecule has 0 bridgehead atoms. The Labute approximate surface area is 105 Å². The standard InChI is InChI=1S/C15H25NO/c1-4-5-6-7-14-12-13(8-9-15(14)17)10-11-16(2)3/h8-9,12,17H,4-7,10-11H2,1-3H3. The molecule has 1 aromatic carbocycles. The summed E-state index contributed by atoms with van der Waals surface area (Å²) >= 11 is 0. The van der Waals surface area contributed by atoms with Gasteiger partial charge in [-0.15, -0.1) is 0 Å². The smallest absolute Gasteiger partial charge is 0.118 e. The molecule has 0 fully saturated rings. The van der Waals surface area contributed by atoms with Crippen LogP contribution in [0.25, 0.3) is 0 Å². The van der Waals surface area contributed by atoms with Gasteiger partial charge < -0.3 is 10.0 Å². The van der Waals surface area contributed by atoms with Crippen LogP contribution >= 0.6 is 0 Å². The van der Waals surface area contributed by atoms with Gasteiger partial charge in [0.2, 0.25) is 0 Å². The predicted octanol–water partition coefficient (Wildman–Crippen LogP) is 3.23. The van der Waals surface area contributed by atoms with Gasteiger partial charge in [0.15, 0.2) is 0 Å². The molecule has 0 aliphatic rings. The summed E-state index contributed by atoms with van der Waals surface area (Å²) < 4.78 is 0. The molecule has 0 saturated heterocycles. The van der Waals surface area contributed by atoms with E-state index in [0.717, 1.165) is 24.9 Å². The Bertz CT molecular complexity index is 334. The molecule has 0 atom stereocenters. The predicted molar refractivity (Wildman–Crippen MR) is 73.6 cm³/mol. The topological polar surface area (TPSA) is 23.5 Å². The van der Waals surface area contributed by atoms with E-state index in [2.05, 4.69) is 32.0 Å². The third kappa shape index (κ3) is 5.22. The largest absolute Gasteiger partial charge is 0.508 e. The van der Waals surface area contributed by atoms with Crippen LogP contribution in [0.3, 0.4) is 0 Å². The molecule has 0 aliphatic heterocycles. The Morgan fingerprint density at radius 2 is 1.88 bits per heavy atom. The minimum atomic E-state index is 0.453. The monoisotopic (exact) mass is 235 g/mol. The minimum Gasteiger partial charge on any atom is -0.508 e. The summed E-state index contributed by atoms with van der Waals surface area (Å²) in [4.78, 5) is 2.18. The van der Waals surface area contributed by atoms with Gasteiger partial charge in [0.25, 0.3) is 0 Å². The quantitative estimate of drug-likeness (QED) is 0.733. The zero-order valence-electron chi connectivity index (χ0n) is 11.4. The molecule has 0 aliphatic carbocycles. The molecular formula is C15H25NO. The molecule has 17 heavy (non-hydrogen) atoms. The van der Waals surface area contributed by atoms with Crippen LogP contribution in [0.5, 0.6) is 5.75 Å². The first kappa shape index (κ1) is 14.0. The van der Waals surface area contributed by atoms with Crippen LogP contribution < -0.4 is 0 Å². The molecule has 0 amide bonds. The van der Waals surface area contributed by atoms with Gasteiger partial charge in [0.05, 0.1) is 0 Å². The molecule has 0 spiro atoms. The summed E-state index contributed by atoms with van der Waals surface area (Å²) in [5.74, 6) is 0.453. The summed E-state index contributed by atoms with van der Waals surface area (Å²) in [5.41, 5.74) is 2.43. The number of hydrogen-bond acceptors (Lipinski definition) is 2. The lowest BCUT2D eigenvalue weighted by atomic mass is 10.0. The highest BCUT2D eigenvalue weighted by Crippen LogP contribution is 2.21. The molecule has 0 heterocycles. The second-order valence-electron chi connectivity index (χ2n) is 4.97. The maximum Gasteiger partial charge on any atom is 0.118 e. The summed E-state index contributed by atoms with van der Waals surface area (Å²) in [6.45, 7) is 3.26. The molecule has 2 nitrogen and oxygen atoms in total. The van der Waals surface area contributed by atoms with E-state index in [-0.39, 0.29) is 0 Å². The fourth-order valence-corrected chi connectivity index (χ4v) is 1.91. The number of aromatic hydroxyl groups is 1. The van der Waals surface area contributed by atoms with Crippen LogP contribution in [-0.2, 0) is 12.8 Å². The fourth-order valence-electron chi connectivity index (χ4n) is 1.91. The van der Waals surface area contributed by atoms with Crippen molar-refractivity contribution in [2.24, 2.45) is 0 Å². The van der Waals surface area contributed by atoms with Gasteiger partial charge in [-0.2, -0.15) is 0 Å². The molecule has 1 rings (SSSR count). The molecule has 0 aromatic heterocycles. The highest BCUT2D eigenvalue weighted by atomic mass is 16.3. The maximum atomic E-state index is 9.80. The Morgan fingerprint density at radius 3 is 2.53 bits per heavy atom. The van der Waals surface area contributed by atoms with Gasteiger partial charge in [0, 0.05) is 6.54 Å². The van der Waals surface area contributed by atoms with E-state index in [0.29, 0.717) is 5.75 Å². The SMILES string of the molecule is CCCCCc1cc(CCN(C)C)ccc1O. The van der Waals surface area contributed by atoms with E-state index >= 15 is 0 Å². The van der Waals surface area contributed by atoms with Crippen LogP contribution in [0.15, 0.2) is 18.2 Å². The number of phenols is 1. The molecule has 0 radical (unpaired) electrons. The Hall–Kier alpha value is -1.02. The van der Waals surface area contributed by atoms with E-state index in [1.165, 1.54) is 24.8 Å². The maximum absolute atomic E-state index is 9.80. The van der Waals surface area contributed by atoms with Crippen molar-refractivity contribution in [1.82, 2.24) is 4.90 Å². The number of aryl methyl sites for hydroxylation is 1. The second-order valence-corrected chi connectivity index (χ2v) is 4.97. The van der Waals surface area contributed by atoms with Gasteiger partial charge >= 0.3 is 0 Å². The van der Waals surface area contributed by atoms with Crippen molar-refractivity contribution >= 4 is 0 Å². The highest BCUT2D eigenvalue weighted by molar-refractivity contribution is 5.36. The van der Waals surface area contributed by atoms with Crippen LogP contribution in [0, 0.1) is 0 Å². The van der Waals surface area contributed by atoms with Crippen LogP contribution in [-0.4, -0.2) is 30.6 Å². The third-order valence-corrected chi connectivity index (χ3v) is 3.04. The first-order valence-electron chi connectivity index (χ1n) is 6.59. The van der Waals surface area contributed by atoms with Crippen molar-refractivity contribution in [3.8, 4) is 5.75 Å². The fraction of sp³-hybridized carbons (Fsp3) is 0.600. The van der Waals surface area contributed by atoms with Crippen molar-refractivity contribution in [3.63, 3.8) is 0 Å². The summed E-state index contributed by atoms with van der Waals surface area (Å²) in [5, 5.41) is 9.80. The van der Waals surface area contributed by atoms with E-state index in [1.54, 1.807) is 0 Å². The third-order valence-electron chi connectivity index (χ3n) is 3.04. The van der Waals surface area contributed by atoms with Crippen molar-refractivity contribution in [1.29, 1.82) is 0 Å². The lowest BCUT2D eigenvalue weighted by Gasteiger charge is -2.11. The van der Waals surface area contributed by atoms with Crippen molar-refractivity contribution in [3.05, 3.63) is 29.3 Å². The van der Waals surface area contributed by atoms with Crippen LogP contribution in [0.4, 0.5) is 0 Å². The van der Waals surface area contributed by atoms with E-state index in [4.69, 9.17) is 0 Å². The number of phenolic OH excluding ortho intramolecular Hbond substituents is 1. The van der Waals surface area contributed by atoms with Gasteiger partial charge in [-0.1, -0.05) is 31.9 Å². The summed E-state index contributed by atoms with van der Waals surface area (Å²) in [6.07, 6.45) is 5.67. The average molecular weight is 235 g/mol. The van der Waals surface area contributed by atoms with Crippen molar-refractivity contribution in [2.45, 2.75) is 39.0 Å². The van der Waals surface area contributed by atoms with Crippen molar-refractivity contribution < 1.29 is 5.11 Å². The van der Waals surface area contributed by atoms with E-state index < -0.39 is 0 Å². The second kappa shape index (κ2) is 7.33. The average Bonchev–Trinajstić information content (AvgIpc) is 2.30. The molecule has 1 N–H and O–H groups in total. The Balaban J connectivity index is 2.59. The molecular weight excluding hydrogens is 210 g/mol. The summed E-state index contributed by atoms with van der Waals surface area (Å²) in [7, 11) is 4.17. The number of likely N-dealkylation sites (N-methyl/N-ethyl adjacent to an activating group) is 1. The summed E-state index contributed by atoms with van der Waals surface area (Å²) in [6, 6.07) is 6.03. The zero-order chi connectivity index (χ0) is 12.7. The molecule has 2 heteroatoms. The number of benzene rings is 1. The first-order valence-corrected chi connectivity index (χ1v) is 6.59. The minimum absolute atomic E-state index is 0.453. The first-order chi connectivity index (χ1) is 8.13. The lowest BCUT2D eigenvalue weighted by Crippen LogP contribution is -2.15. The number of unbranched alkanes of at least 4 members (excludes halogenated alkanes) is 2. The Kier molecular flexibility index (Phi) is 6.06. The van der Waals surface area contributed by atoms with Crippen LogP contribution in [0.1, 0.15) is 37.3 Å². The molecule has 0 unspecified atom stereocenters. The van der Waals surface area contributed by atoms with E-state index in [9.17, 15) is 5.11 Å². The van der Waals surface area contributed by atoms with Gasteiger partial charge in [0.1, 0.15) is 5.75 Å². The van der Waals surface area contributed by atoms with Crippen molar-refractivity contribution in [2.75, 3.05) is 20.6 Å².